The van der Waals surface area contributed by atoms with Gasteiger partial charge in [-0.15, -0.1) is 0 Å². The minimum Gasteiger partial charge on any atom is -0.497 e. The number of ether oxygens (including phenoxy) is 3. The van der Waals surface area contributed by atoms with Crippen molar-refractivity contribution < 1.29 is 38.1 Å². The Morgan fingerprint density at radius 1 is 1.18 bits per heavy atom. The number of amides is 2. The maximum atomic E-state index is 14.2. The molecule has 0 spiro atoms. The number of urea groups is 1. The van der Waals surface area contributed by atoms with Crippen LogP contribution in [0.15, 0.2) is 36.4 Å². The van der Waals surface area contributed by atoms with Crippen LogP contribution in [-0.4, -0.2) is 54.8 Å². The molecule has 9 nitrogen and oxygen atoms in total. The summed E-state index contributed by atoms with van der Waals surface area (Å²) in [6, 6.07) is 7.26. The van der Waals surface area contributed by atoms with E-state index >= 15 is 0 Å². The fourth-order valence-corrected chi connectivity index (χ4v) is 3.40. The molecule has 0 aliphatic carbocycles. The number of hydrogen-bond donors (Lipinski definition) is 2. The highest BCUT2D eigenvalue weighted by Gasteiger charge is 2.27. The summed E-state index contributed by atoms with van der Waals surface area (Å²) in [5.74, 6) is -1.51. The molecular weight excluding hydrogens is 471 g/mol. The third-order valence-corrected chi connectivity index (χ3v) is 5.15. The number of carboxylic acids is 1. The summed E-state index contributed by atoms with van der Waals surface area (Å²) in [4.78, 5) is 36.6. The number of methoxy groups -OCH3 is 1. The minimum atomic E-state index is -1.29. The molecule has 2 N–H and O–H groups in total. The van der Waals surface area contributed by atoms with Crippen molar-refractivity contribution in [2.24, 2.45) is 0 Å². The van der Waals surface area contributed by atoms with Gasteiger partial charge >= 0.3 is 18.0 Å². The lowest BCUT2D eigenvalue weighted by Gasteiger charge is -2.30. The molecule has 184 valence electrons. The average Bonchev–Trinajstić information content (AvgIpc) is 2.80. The molecule has 34 heavy (non-hydrogen) atoms. The highest BCUT2D eigenvalue weighted by atomic mass is 35.5. The first-order valence-corrected chi connectivity index (χ1v) is 10.7. The van der Waals surface area contributed by atoms with Crippen LogP contribution in [0.25, 0.3) is 0 Å². The summed E-state index contributed by atoms with van der Waals surface area (Å²) in [5.41, 5.74) is 0.631. The molecule has 0 radical (unpaired) electrons. The van der Waals surface area contributed by atoms with Gasteiger partial charge in [-0.25, -0.2) is 9.18 Å². The van der Waals surface area contributed by atoms with Crippen LogP contribution in [0.1, 0.15) is 31.0 Å². The van der Waals surface area contributed by atoms with Gasteiger partial charge in [-0.3, -0.25) is 9.59 Å². The number of benzene rings is 2. The average molecular weight is 497 g/mol. The van der Waals surface area contributed by atoms with Gasteiger partial charge in [0.05, 0.1) is 24.8 Å². The zero-order valence-electron chi connectivity index (χ0n) is 19.0. The van der Waals surface area contributed by atoms with Crippen LogP contribution < -0.4 is 14.8 Å². The van der Waals surface area contributed by atoms with E-state index in [0.717, 1.165) is 17.0 Å². The first-order valence-electron chi connectivity index (χ1n) is 10.3. The van der Waals surface area contributed by atoms with Crippen molar-refractivity contribution in [1.82, 2.24) is 10.2 Å². The molecule has 0 saturated carbocycles. The predicted molar refractivity (Wildman–Crippen MR) is 122 cm³/mol. The first kappa shape index (κ1) is 26.7. The first-order chi connectivity index (χ1) is 16.2. The van der Waals surface area contributed by atoms with Crippen LogP contribution in [0.3, 0.4) is 0 Å². The lowest BCUT2D eigenvalue weighted by atomic mass is 10.00. The van der Waals surface area contributed by atoms with E-state index in [0.29, 0.717) is 17.1 Å². The molecule has 1 atom stereocenters. The Morgan fingerprint density at radius 2 is 1.82 bits per heavy atom. The van der Waals surface area contributed by atoms with Gasteiger partial charge in [-0.1, -0.05) is 11.6 Å². The Bertz CT molecular complexity index is 1020. The van der Waals surface area contributed by atoms with Crippen molar-refractivity contribution in [2.45, 2.75) is 26.5 Å². The maximum absolute atomic E-state index is 14.2. The van der Waals surface area contributed by atoms with Gasteiger partial charge < -0.3 is 29.5 Å². The Hall–Kier alpha value is -3.53. The van der Waals surface area contributed by atoms with E-state index in [9.17, 15) is 23.9 Å². The van der Waals surface area contributed by atoms with Crippen LogP contribution in [0, 0.1) is 5.82 Å². The second-order valence-electron chi connectivity index (χ2n) is 7.08. The maximum Gasteiger partial charge on any atom is 0.325 e. The molecule has 0 saturated heterocycles. The summed E-state index contributed by atoms with van der Waals surface area (Å²) in [6.45, 7) is 2.03. The molecule has 2 amide bonds. The zero-order chi connectivity index (χ0) is 25.3. The monoisotopic (exact) mass is 496 g/mol. The molecule has 0 bridgehead atoms. The molecule has 11 heteroatoms. The molecule has 1 unspecified atom stereocenters. The summed E-state index contributed by atoms with van der Waals surface area (Å²) in [5, 5.41) is 11.7. The summed E-state index contributed by atoms with van der Waals surface area (Å²) in [7, 11) is 1.54. The molecule has 2 aromatic carbocycles. The molecule has 0 heterocycles. The SMILES string of the molecule is CCOC(=O)CNC(=O)N(CC(=O)O)C(C)c1cc(F)cc(Cl)c1COc1ccc(OC)cc1. The van der Waals surface area contributed by atoms with Gasteiger partial charge in [0, 0.05) is 5.56 Å². The van der Waals surface area contributed by atoms with Crippen molar-refractivity contribution in [2.75, 3.05) is 26.8 Å². The molecule has 0 aliphatic heterocycles. The summed E-state index contributed by atoms with van der Waals surface area (Å²) in [6.07, 6.45) is 0. The number of rotatable bonds is 11. The van der Waals surface area contributed by atoms with E-state index in [-0.39, 0.29) is 23.8 Å². The Morgan fingerprint density at radius 3 is 2.41 bits per heavy atom. The van der Waals surface area contributed by atoms with E-state index in [1.54, 1.807) is 31.2 Å². The van der Waals surface area contributed by atoms with Crippen molar-refractivity contribution in [3.05, 3.63) is 58.4 Å². The number of aliphatic carboxylic acids is 1. The summed E-state index contributed by atoms with van der Waals surface area (Å²) < 4.78 is 29.9. The van der Waals surface area contributed by atoms with E-state index in [1.165, 1.54) is 14.0 Å². The van der Waals surface area contributed by atoms with Gasteiger partial charge in [0.1, 0.15) is 37.0 Å². The highest BCUT2D eigenvalue weighted by Crippen LogP contribution is 2.31. The molecular formula is C23H26ClFN2O7. The van der Waals surface area contributed by atoms with Crippen LogP contribution in [0.4, 0.5) is 9.18 Å². The standard InChI is InChI=1S/C23H26ClFN2O7/c1-4-33-22(30)11-26-23(31)27(12-21(28)29)14(2)18-9-15(25)10-20(24)19(18)13-34-17-7-5-16(32-3)6-8-17/h5-10,14H,4,11-13H2,1-3H3,(H,26,31)(H,28,29). The molecule has 2 aromatic rings. The lowest BCUT2D eigenvalue weighted by Crippen LogP contribution is -2.46. The Balaban J connectivity index is 2.30. The molecule has 0 fully saturated rings. The van der Waals surface area contributed by atoms with Crippen molar-refractivity contribution in [1.29, 1.82) is 0 Å². The summed E-state index contributed by atoms with van der Waals surface area (Å²) >= 11 is 6.28. The fraction of sp³-hybridized carbons (Fsp3) is 0.348. The third-order valence-electron chi connectivity index (χ3n) is 4.81. The van der Waals surface area contributed by atoms with E-state index < -0.39 is 42.9 Å². The largest absolute Gasteiger partial charge is 0.497 e. The van der Waals surface area contributed by atoms with Crippen LogP contribution in [0.2, 0.25) is 5.02 Å². The smallest absolute Gasteiger partial charge is 0.325 e. The predicted octanol–water partition coefficient (Wildman–Crippen LogP) is 3.79. The number of carboxylic acid groups (broad SMARTS) is 1. The number of carbonyl (C=O) groups excluding carboxylic acids is 2. The Kier molecular flexibility index (Phi) is 9.93. The lowest BCUT2D eigenvalue weighted by molar-refractivity contribution is -0.141. The van der Waals surface area contributed by atoms with E-state index in [2.05, 4.69) is 5.32 Å². The normalized spacial score (nSPS) is 11.3. The number of nitrogens with zero attached hydrogens (tertiary/aromatic N) is 1. The van der Waals surface area contributed by atoms with Crippen LogP contribution >= 0.6 is 11.6 Å². The molecule has 0 aliphatic rings. The number of hydrogen-bond acceptors (Lipinski definition) is 6. The fourth-order valence-electron chi connectivity index (χ4n) is 3.14. The van der Waals surface area contributed by atoms with Gasteiger partial charge in [0.15, 0.2) is 0 Å². The van der Waals surface area contributed by atoms with E-state index in [4.69, 9.17) is 25.8 Å². The van der Waals surface area contributed by atoms with Gasteiger partial charge in [0.2, 0.25) is 0 Å². The minimum absolute atomic E-state index is 0.0533. The topological polar surface area (TPSA) is 114 Å². The molecule has 2 rings (SSSR count). The number of carbonyl (C=O) groups is 3. The van der Waals surface area contributed by atoms with Crippen LogP contribution in [0.5, 0.6) is 11.5 Å². The van der Waals surface area contributed by atoms with E-state index in [1.807, 2.05) is 0 Å². The quantitative estimate of drug-likeness (QED) is 0.455. The van der Waals surface area contributed by atoms with Gasteiger partial charge in [-0.2, -0.15) is 0 Å². The van der Waals surface area contributed by atoms with Gasteiger partial charge in [-0.05, 0) is 55.8 Å². The number of halogens is 2. The van der Waals surface area contributed by atoms with Crippen molar-refractivity contribution in [3.8, 4) is 11.5 Å². The highest BCUT2D eigenvalue weighted by molar-refractivity contribution is 6.31. The third kappa shape index (κ3) is 7.51. The second kappa shape index (κ2) is 12.6. The zero-order valence-corrected chi connectivity index (χ0v) is 19.7. The number of esters is 1. The molecule has 0 aromatic heterocycles. The number of nitrogens with one attached hydrogen (secondary N) is 1. The van der Waals surface area contributed by atoms with Crippen molar-refractivity contribution >= 4 is 29.6 Å². The van der Waals surface area contributed by atoms with Crippen LogP contribution in [-0.2, 0) is 20.9 Å². The Labute approximate surface area is 201 Å². The van der Waals surface area contributed by atoms with Gasteiger partial charge in [0.25, 0.3) is 0 Å². The van der Waals surface area contributed by atoms with Crippen molar-refractivity contribution in [3.63, 3.8) is 0 Å². The second-order valence-corrected chi connectivity index (χ2v) is 7.49.